The molecule has 206 valence electrons. The van der Waals surface area contributed by atoms with E-state index in [1.807, 2.05) is 0 Å². The summed E-state index contributed by atoms with van der Waals surface area (Å²) >= 11 is 0. The smallest absolute Gasteiger partial charge is 0.318 e. The van der Waals surface area contributed by atoms with E-state index >= 15 is 0 Å². The largest absolute Gasteiger partial charge is 0.462 e. The first-order valence-electron chi connectivity index (χ1n) is 14.1. The monoisotopic (exact) mass is 529 g/mol. The Kier molecular flexibility index (Phi) is 8.32. The predicted molar refractivity (Wildman–Crippen MR) is 152 cm³/mol. The fourth-order valence-electron chi connectivity index (χ4n) is 6.13. The van der Waals surface area contributed by atoms with Gasteiger partial charge in [0.15, 0.2) is 0 Å². The number of hydrogen-bond acceptors (Lipinski definition) is 8. The highest BCUT2D eigenvalue weighted by atomic mass is 16.5. The van der Waals surface area contributed by atoms with Gasteiger partial charge in [-0.2, -0.15) is 15.2 Å². The maximum atomic E-state index is 12.5. The third-order valence-corrected chi connectivity index (χ3v) is 8.35. The molecule has 3 aliphatic heterocycles. The van der Waals surface area contributed by atoms with E-state index in [2.05, 4.69) is 65.6 Å². The summed E-state index contributed by atoms with van der Waals surface area (Å²) in [4.78, 5) is 31.2. The Morgan fingerprint density at radius 1 is 1.15 bits per heavy atom. The second kappa shape index (κ2) is 12.0. The molecule has 2 atom stereocenters. The number of aryl methyl sites for hydroxylation is 1. The first-order chi connectivity index (χ1) is 19.0. The van der Waals surface area contributed by atoms with E-state index in [1.54, 1.807) is 4.90 Å². The summed E-state index contributed by atoms with van der Waals surface area (Å²) in [6.45, 7) is 10.8. The van der Waals surface area contributed by atoms with Crippen molar-refractivity contribution in [2.45, 2.75) is 57.7 Å². The molecule has 0 N–H and O–H groups in total. The molecule has 0 saturated carbocycles. The number of nitrogens with zero attached hydrogens (tertiary/aromatic N) is 7. The average Bonchev–Trinajstić information content (AvgIpc) is 3.23. The van der Waals surface area contributed by atoms with Gasteiger partial charge in [0, 0.05) is 43.5 Å². The van der Waals surface area contributed by atoms with Crippen LogP contribution in [0.3, 0.4) is 0 Å². The number of amides is 1. The van der Waals surface area contributed by atoms with Crippen LogP contribution in [0.25, 0.3) is 0 Å². The van der Waals surface area contributed by atoms with Crippen molar-refractivity contribution in [2.75, 3.05) is 56.2 Å². The fraction of sp³-hybridized carbons (Fsp3) is 0.533. The van der Waals surface area contributed by atoms with E-state index in [0.717, 1.165) is 49.4 Å². The minimum absolute atomic E-state index is 0.130. The Balaban J connectivity index is 1.48. The lowest BCUT2D eigenvalue weighted by atomic mass is 10.1. The van der Waals surface area contributed by atoms with Crippen LogP contribution in [-0.4, -0.2) is 84.1 Å². The van der Waals surface area contributed by atoms with Crippen LogP contribution in [0.1, 0.15) is 42.5 Å². The van der Waals surface area contributed by atoms with E-state index in [1.165, 1.54) is 23.7 Å². The Morgan fingerprint density at radius 3 is 2.74 bits per heavy atom. The number of ether oxygens (including phenoxy) is 1. The summed E-state index contributed by atoms with van der Waals surface area (Å²) in [7, 11) is 2.14. The number of likely N-dealkylation sites (tertiary alicyclic amines) is 1. The zero-order chi connectivity index (χ0) is 27.4. The Labute approximate surface area is 231 Å². The second-order valence-electron chi connectivity index (χ2n) is 10.9. The molecule has 9 heteroatoms. The lowest BCUT2D eigenvalue weighted by Crippen LogP contribution is -2.55. The van der Waals surface area contributed by atoms with Crippen molar-refractivity contribution in [3.63, 3.8) is 0 Å². The van der Waals surface area contributed by atoms with Gasteiger partial charge >= 0.3 is 6.01 Å². The summed E-state index contributed by atoms with van der Waals surface area (Å²) in [6.07, 6.45) is 5.75. The van der Waals surface area contributed by atoms with Gasteiger partial charge in [0.25, 0.3) is 0 Å². The van der Waals surface area contributed by atoms with Crippen LogP contribution in [0.2, 0.25) is 0 Å². The molecule has 3 aliphatic rings. The SMILES string of the molecule is C=CC(=O)N1CCN(c2nc(OC[C@@H]3CCCN3C)nc3c2CCCN(c2ccccc2C)C3)C[C@@H]1CC#N. The van der Waals surface area contributed by atoms with Gasteiger partial charge in [0.1, 0.15) is 12.4 Å². The first-order valence-corrected chi connectivity index (χ1v) is 14.1. The topological polar surface area (TPSA) is 88.8 Å². The van der Waals surface area contributed by atoms with Crippen molar-refractivity contribution in [3.8, 4) is 12.1 Å². The van der Waals surface area contributed by atoms with Gasteiger partial charge in [-0.15, -0.1) is 0 Å². The number of aromatic nitrogens is 2. The van der Waals surface area contributed by atoms with Gasteiger partial charge in [-0.25, -0.2) is 0 Å². The van der Waals surface area contributed by atoms with Crippen LogP contribution >= 0.6 is 0 Å². The van der Waals surface area contributed by atoms with E-state index in [0.29, 0.717) is 44.8 Å². The summed E-state index contributed by atoms with van der Waals surface area (Å²) < 4.78 is 6.28. The standard InChI is InChI=1S/C30H39N7O2/c1-4-28(38)37-18-17-36(19-23(37)13-14-31)29-25-11-8-16-35(27-12-6-5-9-22(27)2)20-26(25)32-30(33-29)39-21-24-10-7-15-34(24)3/h4-6,9,12,23-24H,1,7-8,10-11,13,15-21H2,2-3H3/t23-,24-/m0/s1. The third-order valence-electron chi connectivity index (χ3n) is 8.35. The predicted octanol–water partition coefficient (Wildman–Crippen LogP) is 3.33. The lowest BCUT2D eigenvalue weighted by Gasteiger charge is -2.41. The Hall–Kier alpha value is -3.64. The van der Waals surface area contributed by atoms with Gasteiger partial charge in [-0.1, -0.05) is 24.8 Å². The number of para-hydroxylation sites is 1. The van der Waals surface area contributed by atoms with Gasteiger partial charge in [-0.05, 0) is 63.9 Å². The number of hydrogen-bond donors (Lipinski definition) is 0. The number of carbonyl (C=O) groups is 1. The number of likely N-dealkylation sites (N-methyl/N-ethyl adjacent to an activating group) is 1. The minimum Gasteiger partial charge on any atom is -0.462 e. The number of rotatable bonds is 7. The zero-order valence-electron chi connectivity index (χ0n) is 23.2. The molecule has 1 aromatic heterocycles. The molecule has 39 heavy (non-hydrogen) atoms. The molecule has 0 aliphatic carbocycles. The minimum atomic E-state index is -0.217. The average molecular weight is 530 g/mol. The van der Waals surface area contributed by atoms with Crippen LogP contribution in [0.5, 0.6) is 6.01 Å². The molecule has 9 nitrogen and oxygen atoms in total. The summed E-state index contributed by atoms with van der Waals surface area (Å²) in [5.74, 6) is 0.755. The summed E-state index contributed by atoms with van der Waals surface area (Å²) in [5.41, 5.74) is 4.62. The quantitative estimate of drug-likeness (QED) is 0.505. The number of benzene rings is 1. The van der Waals surface area contributed by atoms with E-state index in [4.69, 9.17) is 14.7 Å². The van der Waals surface area contributed by atoms with Crippen molar-refractivity contribution >= 4 is 17.4 Å². The molecule has 2 saturated heterocycles. The normalized spacial score (nSPS) is 21.7. The molecule has 0 bridgehead atoms. The molecule has 2 fully saturated rings. The molecule has 0 spiro atoms. The van der Waals surface area contributed by atoms with Crippen LogP contribution in [-0.2, 0) is 17.8 Å². The van der Waals surface area contributed by atoms with Gasteiger partial charge < -0.3 is 24.3 Å². The van der Waals surface area contributed by atoms with E-state index in [-0.39, 0.29) is 18.4 Å². The van der Waals surface area contributed by atoms with Gasteiger partial charge in [0.05, 0.1) is 30.8 Å². The van der Waals surface area contributed by atoms with Crippen LogP contribution in [0, 0.1) is 18.3 Å². The second-order valence-corrected chi connectivity index (χ2v) is 10.9. The maximum absolute atomic E-state index is 12.5. The summed E-state index contributed by atoms with van der Waals surface area (Å²) in [5, 5.41) is 9.49. The maximum Gasteiger partial charge on any atom is 0.318 e. The molecule has 4 heterocycles. The zero-order valence-corrected chi connectivity index (χ0v) is 23.2. The molecular formula is C30H39N7O2. The fourth-order valence-corrected chi connectivity index (χ4v) is 6.13. The van der Waals surface area contributed by atoms with Crippen molar-refractivity contribution < 1.29 is 9.53 Å². The number of carbonyl (C=O) groups excluding carboxylic acids is 1. The lowest BCUT2D eigenvalue weighted by molar-refractivity contribution is -0.128. The van der Waals surface area contributed by atoms with Crippen LogP contribution < -0.4 is 14.5 Å². The van der Waals surface area contributed by atoms with Crippen molar-refractivity contribution in [3.05, 3.63) is 53.7 Å². The molecule has 1 amide bonds. The Bertz CT molecular complexity index is 1240. The highest BCUT2D eigenvalue weighted by Gasteiger charge is 2.33. The molecular weight excluding hydrogens is 490 g/mol. The van der Waals surface area contributed by atoms with Gasteiger partial charge in [0.2, 0.25) is 5.91 Å². The highest BCUT2D eigenvalue weighted by molar-refractivity contribution is 5.87. The van der Waals surface area contributed by atoms with Crippen LogP contribution in [0.4, 0.5) is 11.5 Å². The molecule has 0 radical (unpaired) electrons. The molecule has 5 rings (SSSR count). The van der Waals surface area contributed by atoms with Crippen LogP contribution in [0.15, 0.2) is 36.9 Å². The number of anilines is 2. The Morgan fingerprint density at radius 2 is 2.00 bits per heavy atom. The van der Waals surface area contributed by atoms with Crippen molar-refractivity contribution in [1.29, 1.82) is 5.26 Å². The molecule has 0 unspecified atom stereocenters. The number of nitriles is 1. The van der Waals surface area contributed by atoms with E-state index < -0.39 is 0 Å². The molecule has 2 aromatic rings. The third kappa shape index (κ3) is 5.86. The first kappa shape index (κ1) is 26.9. The van der Waals surface area contributed by atoms with Gasteiger partial charge in [-0.3, -0.25) is 4.79 Å². The van der Waals surface area contributed by atoms with E-state index in [9.17, 15) is 10.1 Å². The number of piperazine rings is 1. The highest BCUT2D eigenvalue weighted by Crippen LogP contribution is 2.33. The number of fused-ring (bicyclic) bond motifs is 1. The van der Waals surface area contributed by atoms with Crippen molar-refractivity contribution in [1.82, 2.24) is 19.8 Å². The molecule has 1 aromatic carbocycles. The van der Waals surface area contributed by atoms with Crippen molar-refractivity contribution in [2.24, 2.45) is 0 Å². The summed E-state index contributed by atoms with van der Waals surface area (Å²) in [6, 6.07) is 11.3.